The summed E-state index contributed by atoms with van der Waals surface area (Å²) in [6, 6.07) is 10.7. The van der Waals surface area contributed by atoms with Gasteiger partial charge in [-0.25, -0.2) is 0 Å². The van der Waals surface area contributed by atoms with Crippen molar-refractivity contribution in [2.75, 3.05) is 0 Å². The van der Waals surface area contributed by atoms with Gasteiger partial charge in [-0.2, -0.15) is 0 Å². The van der Waals surface area contributed by atoms with Crippen LogP contribution in [0.1, 0.15) is 46.2 Å². The minimum absolute atomic E-state index is 0.495. The van der Waals surface area contributed by atoms with Gasteiger partial charge in [-0.1, -0.05) is 67.5 Å². The molecular formula is C23H27N. The first-order valence-corrected chi connectivity index (χ1v) is 9.00. The summed E-state index contributed by atoms with van der Waals surface area (Å²) in [4.78, 5) is 4.79. The zero-order valence-corrected chi connectivity index (χ0v) is 15.2. The Labute approximate surface area is 145 Å². The van der Waals surface area contributed by atoms with Crippen molar-refractivity contribution in [2.24, 2.45) is 11.8 Å². The Bertz CT molecular complexity index is 818. The van der Waals surface area contributed by atoms with Crippen molar-refractivity contribution in [3.63, 3.8) is 0 Å². The van der Waals surface area contributed by atoms with Crippen LogP contribution in [0.3, 0.4) is 0 Å². The van der Waals surface area contributed by atoms with E-state index in [1.807, 2.05) is 6.20 Å². The predicted molar refractivity (Wildman–Crippen MR) is 105 cm³/mol. The maximum atomic E-state index is 4.79. The van der Waals surface area contributed by atoms with Gasteiger partial charge < -0.3 is 0 Å². The average Bonchev–Trinajstić information content (AvgIpc) is 2.61. The largest absolute Gasteiger partial charge is 0.256 e. The smallest absolute Gasteiger partial charge is 0.0743 e. The second-order valence-corrected chi connectivity index (χ2v) is 6.95. The number of hydrogen-bond donors (Lipinski definition) is 0. The molecule has 0 spiro atoms. The first kappa shape index (κ1) is 16.7. The van der Waals surface area contributed by atoms with Crippen LogP contribution in [-0.2, 0) is 0 Å². The molecule has 124 valence electrons. The van der Waals surface area contributed by atoms with Crippen molar-refractivity contribution in [3.05, 3.63) is 71.6 Å². The molecule has 3 rings (SSSR count). The van der Waals surface area contributed by atoms with Crippen molar-refractivity contribution < 1.29 is 0 Å². The highest BCUT2D eigenvalue weighted by Crippen LogP contribution is 2.41. The Balaban J connectivity index is 2.13. The van der Waals surface area contributed by atoms with Gasteiger partial charge in [-0.05, 0) is 55.6 Å². The summed E-state index contributed by atoms with van der Waals surface area (Å²) in [6.45, 7) is 9.03. The molecule has 0 aliphatic heterocycles. The number of hydrogen-bond acceptors (Lipinski definition) is 1. The lowest BCUT2D eigenvalue weighted by atomic mass is 9.75. The highest BCUT2D eigenvalue weighted by molar-refractivity contribution is 5.93. The zero-order valence-electron chi connectivity index (χ0n) is 15.2. The van der Waals surface area contributed by atoms with Crippen molar-refractivity contribution in [1.29, 1.82) is 0 Å². The molecule has 1 nitrogen and oxygen atoms in total. The lowest BCUT2D eigenvalue weighted by Crippen LogP contribution is -2.17. The molecule has 1 aliphatic carbocycles. The van der Waals surface area contributed by atoms with Gasteiger partial charge in [0.05, 0.1) is 5.69 Å². The standard InChI is InChI=1S/C23H27N/c1-5-6-9-16(2)21-14-17(3)18(4)15-22(21)23-20-11-8-7-10-19(20)12-13-24-23/h6-13,15-16,21H,5,14H2,1-4H3. The molecule has 2 aromatic rings. The van der Waals surface area contributed by atoms with Crippen molar-refractivity contribution in [3.8, 4) is 0 Å². The van der Waals surface area contributed by atoms with Gasteiger partial charge in [0, 0.05) is 11.6 Å². The Morgan fingerprint density at radius 3 is 2.79 bits per heavy atom. The van der Waals surface area contributed by atoms with E-state index < -0.39 is 0 Å². The summed E-state index contributed by atoms with van der Waals surface area (Å²) >= 11 is 0. The number of aromatic nitrogens is 1. The molecule has 2 atom stereocenters. The van der Waals surface area contributed by atoms with Crippen LogP contribution in [0, 0.1) is 11.8 Å². The summed E-state index contributed by atoms with van der Waals surface area (Å²) in [5.41, 5.74) is 5.44. The molecule has 0 fully saturated rings. The monoisotopic (exact) mass is 317 g/mol. The van der Waals surface area contributed by atoms with Gasteiger partial charge in [0.2, 0.25) is 0 Å². The summed E-state index contributed by atoms with van der Waals surface area (Å²) in [7, 11) is 0. The third-order valence-electron chi connectivity index (χ3n) is 5.23. The van der Waals surface area contributed by atoms with Crippen molar-refractivity contribution in [1.82, 2.24) is 4.98 Å². The van der Waals surface area contributed by atoms with Crippen LogP contribution in [0.2, 0.25) is 0 Å². The average molecular weight is 317 g/mol. The summed E-state index contributed by atoms with van der Waals surface area (Å²) < 4.78 is 0. The number of allylic oxidation sites excluding steroid dienone is 6. The number of rotatable bonds is 4. The molecule has 1 heteroatoms. The van der Waals surface area contributed by atoms with E-state index >= 15 is 0 Å². The number of pyridine rings is 1. The van der Waals surface area contributed by atoms with Gasteiger partial charge in [0.1, 0.15) is 0 Å². The van der Waals surface area contributed by atoms with E-state index in [4.69, 9.17) is 4.98 Å². The third kappa shape index (κ3) is 3.21. The van der Waals surface area contributed by atoms with E-state index in [9.17, 15) is 0 Å². The Morgan fingerprint density at radius 1 is 1.21 bits per heavy atom. The lowest BCUT2D eigenvalue weighted by molar-refractivity contribution is 0.514. The Hall–Kier alpha value is -2.15. The van der Waals surface area contributed by atoms with E-state index in [1.165, 1.54) is 27.5 Å². The lowest BCUT2D eigenvalue weighted by Gasteiger charge is -2.30. The molecule has 1 aromatic carbocycles. The van der Waals surface area contributed by atoms with E-state index in [1.54, 1.807) is 0 Å². The predicted octanol–water partition coefficient (Wildman–Crippen LogP) is 6.58. The van der Waals surface area contributed by atoms with Crippen LogP contribution in [-0.4, -0.2) is 4.98 Å². The fourth-order valence-electron chi connectivity index (χ4n) is 3.61. The molecule has 1 heterocycles. The van der Waals surface area contributed by atoms with Crippen LogP contribution in [0.25, 0.3) is 16.3 Å². The van der Waals surface area contributed by atoms with E-state index in [2.05, 4.69) is 76.3 Å². The van der Waals surface area contributed by atoms with E-state index in [0.29, 0.717) is 11.8 Å². The highest BCUT2D eigenvalue weighted by atomic mass is 14.7. The first-order valence-electron chi connectivity index (χ1n) is 9.00. The second kappa shape index (κ2) is 7.17. The number of benzene rings is 1. The minimum Gasteiger partial charge on any atom is -0.256 e. The van der Waals surface area contributed by atoms with E-state index in [-0.39, 0.29) is 0 Å². The number of fused-ring (bicyclic) bond motifs is 1. The molecular weight excluding hydrogens is 290 g/mol. The van der Waals surface area contributed by atoms with Crippen LogP contribution in [0.4, 0.5) is 0 Å². The Kier molecular flexibility index (Phi) is 4.99. The van der Waals surface area contributed by atoms with Crippen molar-refractivity contribution in [2.45, 2.75) is 40.5 Å². The number of nitrogens with zero attached hydrogens (tertiary/aromatic N) is 1. The quantitative estimate of drug-likeness (QED) is 0.581. The molecule has 0 N–H and O–H groups in total. The SMILES string of the molecule is CCC=CC(C)C1CC(C)=C(C)C=C1c1nccc2ccccc12. The molecule has 2 unspecified atom stereocenters. The van der Waals surface area contributed by atoms with Gasteiger partial charge >= 0.3 is 0 Å². The molecule has 0 bridgehead atoms. The van der Waals surface area contributed by atoms with E-state index in [0.717, 1.165) is 18.5 Å². The Morgan fingerprint density at radius 2 is 2.00 bits per heavy atom. The summed E-state index contributed by atoms with van der Waals surface area (Å²) in [5, 5.41) is 2.53. The maximum absolute atomic E-state index is 4.79. The van der Waals surface area contributed by atoms with Crippen LogP contribution in [0.5, 0.6) is 0 Å². The van der Waals surface area contributed by atoms with Gasteiger partial charge in [0.15, 0.2) is 0 Å². The summed E-state index contributed by atoms with van der Waals surface area (Å²) in [5.74, 6) is 1.01. The topological polar surface area (TPSA) is 12.9 Å². The van der Waals surface area contributed by atoms with Crippen LogP contribution < -0.4 is 0 Å². The fourth-order valence-corrected chi connectivity index (χ4v) is 3.61. The minimum atomic E-state index is 0.495. The molecule has 0 saturated carbocycles. The maximum Gasteiger partial charge on any atom is 0.0743 e. The van der Waals surface area contributed by atoms with Crippen molar-refractivity contribution >= 4 is 16.3 Å². The van der Waals surface area contributed by atoms with Gasteiger partial charge in [0.25, 0.3) is 0 Å². The molecule has 0 saturated heterocycles. The third-order valence-corrected chi connectivity index (χ3v) is 5.23. The van der Waals surface area contributed by atoms with Crippen LogP contribution in [0.15, 0.2) is 65.9 Å². The second-order valence-electron chi connectivity index (χ2n) is 6.95. The fraction of sp³-hybridized carbons (Fsp3) is 0.348. The first-order chi connectivity index (χ1) is 11.6. The van der Waals surface area contributed by atoms with Gasteiger partial charge in [-0.15, -0.1) is 0 Å². The molecule has 1 aromatic heterocycles. The molecule has 0 amide bonds. The van der Waals surface area contributed by atoms with Crippen LogP contribution >= 0.6 is 0 Å². The van der Waals surface area contributed by atoms with Gasteiger partial charge in [-0.3, -0.25) is 4.98 Å². The summed E-state index contributed by atoms with van der Waals surface area (Å²) in [6.07, 6.45) is 11.2. The highest BCUT2D eigenvalue weighted by Gasteiger charge is 2.26. The molecule has 1 aliphatic rings. The molecule has 0 radical (unpaired) electrons. The normalized spacial score (nSPS) is 19.8. The molecule has 24 heavy (non-hydrogen) atoms. The zero-order chi connectivity index (χ0) is 17.1.